The molecule has 17 heavy (non-hydrogen) atoms. The zero-order chi connectivity index (χ0) is 12.1. The normalized spacial score (nSPS) is 9.53. The maximum absolute atomic E-state index is 13.0. The molecule has 0 aliphatic heterocycles. The van der Waals surface area contributed by atoms with Gasteiger partial charge in [-0.05, 0) is 35.4 Å². The van der Waals surface area contributed by atoms with Gasteiger partial charge >= 0.3 is 0 Å². The van der Waals surface area contributed by atoms with Crippen LogP contribution in [-0.4, -0.2) is 11.7 Å². The van der Waals surface area contributed by atoms with E-state index < -0.39 is 0 Å². The van der Waals surface area contributed by atoms with Crippen LogP contribution >= 0.6 is 0 Å². The topological polar surface area (TPSA) is 20.2 Å². The van der Waals surface area contributed by atoms with E-state index in [0.717, 1.165) is 16.7 Å². The number of benzene rings is 2. The van der Waals surface area contributed by atoms with E-state index in [0.29, 0.717) is 0 Å². The van der Waals surface area contributed by atoms with Crippen LogP contribution in [0.4, 0.5) is 4.39 Å². The van der Waals surface area contributed by atoms with Crippen LogP contribution in [0.25, 0.3) is 11.1 Å². The minimum Gasteiger partial charge on any atom is -0.384 e. The number of aliphatic hydroxyl groups is 1. The molecule has 0 heterocycles. The fourth-order valence-corrected chi connectivity index (χ4v) is 1.56. The van der Waals surface area contributed by atoms with Gasteiger partial charge in [-0.15, -0.1) is 0 Å². The first-order valence-electron chi connectivity index (χ1n) is 5.25. The van der Waals surface area contributed by atoms with E-state index in [4.69, 9.17) is 5.11 Å². The Morgan fingerprint density at radius 1 is 1.00 bits per heavy atom. The van der Waals surface area contributed by atoms with E-state index in [9.17, 15) is 4.39 Å². The minimum absolute atomic E-state index is 0.147. The van der Waals surface area contributed by atoms with E-state index in [1.54, 1.807) is 6.07 Å². The molecule has 1 nitrogen and oxygen atoms in total. The zero-order valence-corrected chi connectivity index (χ0v) is 9.15. The van der Waals surface area contributed by atoms with Crippen molar-refractivity contribution in [1.29, 1.82) is 0 Å². The summed E-state index contributed by atoms with van der Waals surface area (Å²) in [4.78, 5) is 0. The van der Waals surface area contributed by atoms with Crippen LogP contribution in [-0.2, 0) is 0 Å². The van der Waals surface area contributed by atoms with Crippen molar-refractivity contribution in [3.8, 4) is 23.0 Å². The van der Waals surface area contributed by atoms with Crippen molar-refractivity contribution in [2.75, 3.05) is 6.61 Å². The van der Waals surface area contributed by atoms with Crippen LogP contribution in [0.15, 0.2) is 48.5 Å². The van der Waals surface area contributed by atoms with E-state index in [1.165, 1.54) is 12.1 Å². The molecule has 0 aromatic heterocycles. The van der Waals surface area contributed by atoms with Crippen molar-refractivity contribution in [3.05, 3.63) is 59.9 Å². The van der Waals surface area contributed by atoms with Crippen molar-refractivity contribution < 1.29 is 9.50 Å². The number of halogens is 1. The van der Waals surface area contributed by atoms with Crippen LogP contribution < -0.4 is 0 Å². The number of hydrogen-bond acceptors (Lipinski definition) is 1. The van der Waals surface area contributed by atoms with Gasteiger partial charge in [-0.2, -0.15) is 0 Å². The Bertz CT molecular complexity index is 561. The average Bonchev–Trinajstić information content (AvgIpc) is 2.37. The second-order valence-corrected chi connectivity index (χ2v) is 3.55. The molecule has 0 radical (unpaired) electrons. The predicted molar refractivity (Wildman–Crippen MR) is 65.8 cm³/mol. The summed E-state index contributed by atoms with van der Waals surface area (Å²) >= 11 is 0. The van der Waals surface area contributed by atoms with E-state index >= 15 is 0 Å². The third kappa shape index (κ3) is 2.93. The summed E-state index contributed by atoms with van der Waals surface area (Å²) in [5.41, 5.74) is 2.62. The van der Waals surface area contributed by atoms with Gasteiger partial charge < -0.3 is 5.11 Å². The highest BCUT2D eigenvalue weighted by Gasteiger charge is 1.98. The number of aliphatic hydroxyl groups excluding tert-OH is 1. The fourth-order valence-electron chi connectivity index (χ4n) is 1.56. The summed E-state index contributed by atoms with van der Waals surface area (Å²) in [5.74, 6) is 5.14. The molecule has 2 aromatic carbocycles. The second kappa shape index (κ2) is 5.29. The maximum atomic E-state index is 13.0. The van der Waals surface area contributed by atoms with Gasteiger partial charge in [-0.3, -0.25) is 0 Å². The highest BCUT2D eigenvalue weighted by molar-refractivity contribution is 5.64. The third-order valence-corrected chi connectivity index (χ3v) is 2.35. The Balaban J connectivity index is 2.29. The molecule has 2 aromatic rings. The Hall–Kier alpha value is -2.11. The first-order valence-corrected chi connectivity index (χ1v) is 5.25. The van der Waals surface area contributed by atoms with Crippen molar-refractivity contribution in [2.45, 2.75) is 0 Å². The first kappa shape index (κ1) is 11.4. The lowest BCUT2D eigenvalue weighted by Gasteiger charge is -2.01. The SMILES string of the molecule is OCC#Cc1ccc(-c2cccc(F)c2)cc1. The van der Waals surface area contributed by atoms with Crippen LogP contribution in [0.2, 0.25) is 0 Å². The summed E-state index contributed by atoms with van der Waals surface area (Å²) in [5, 5.41) is 8.58. The van der Waals surface area contributed by atoms with Gasteiger partial charge in [0.25, 0.3) is 0 Å². The zero-order valence-electron chi connectivity index (χ0n) is 9.15. The molecule has 0 saturated heterocycles. The molecular formula is C15H11FO. The van der Waals surface area contributed by atoms with Crippen LogP contribution in [0.5, 0.6) is 0 Å². The quantitative estimate of drug-likeness (QED) is 0.741. The molecule has 0 spiro atoms. The lowest BCUT2D eigenvalue weighted by Crippen LogP contribution is -1.81. The summed E-state index contributed by atoms with van der Waals surface area (Å²) in [6, 6.07) is 13.9. The molecule has 0 bridgehead atoms. The number of hydrogen-bond donors (Lipinski definition) is 1. The summed E-state index contributed by atoms with van der Waals surface area (Å²) in [6.07, 6.45) is 0. The van der Waals surface area contributed by atoms with Crippen LogP contribution in [0, 0.1) is 17.7 Å². The molecule has 0 aliphatic rings. The molecule has 0 atom stereocenters. The van der Waals surface area contributed by atoms with Gasteiger partial charge in [0.05, 0.1) is 0 Å². The van der Waals surface area contributed by atoms with Gasteiger partial charge in [-0.25, -0.2) is 4.39 Å². The minimum atomic E-state index is -0.244. The first-order chi connectivity index (χ1) is 8.29. The second-order valence-electron chi connectivity index (χ2n) is 3.55. The van der Waals surface area contributed by atoms with Gasteiger partial charge in [0, 0.05) is 5.56 Å². The van der Waals surface area contributed by atoms with Gasteiger partial charge in [-0.1, -0.05) is 36.1 Å². The number of rotatable bonds is 1. The summed E-state index contributed by atoms with van der Waals surface area (Å²) in [7, 11) is 0. The standard InChI is InChI=1S/C15H11FO/c16-15-5-1-4-14(11-15)13-8-6-12(7-9-13)3-2-10-17/h1,4-9,11,17H,10H2. The van der Waals surface area contributed by atoms with Crippen molar-refractivity contribution in [2.24, 2.45) is 0 Å². The molecule has 0 aliphatic carbocycles. The average molecular weight is 226 g/mol. The highest BCUT2D eigenvalue weighted by Crippen LogP contribution is 2.20. The van der Waals surface area contributed by atoms with E-state index in [1.807, 2.05) is 30.3 Å². The van der Waals surface area contributed by atoms with Gasteiger partial charge in [0.1, 0.15) is 12.4 Å². The Kier molecular flexibility index (Phi) is 3.54. The van der Waals surface area contributed by atoms with Gasteiger partial charge in [0.2, 0.25) is 0 Å². The Morgan fingerprint density at radius 3 is 2.41 bits per heavy atom. The maximum Gasteiger partial charge on any atom is 0.123 e. The Labute approximate surface area is 99.5 Å². The van der Waals surface area contributed by atoms with Crippen molar-refractivity contribution >= 4 is 0 Å². The smallest absolute Gasteiger partial charge is 0.123 e. The summed E-state index contributed by atoms with van der Waals surface area (Å²) < 4.78 is 13.0. The summed E-state index contributed by atoms with van der Waals surface area (Å²) in [6.45, 7) is -0.147. The molecule has 2 heteroatoms. The molecule has 1 N–H and O–H groups in total. The molecule has 0 fully saturated rings. The monoisotopic (exact) mass is 226 g/mol. The van der Waals surface area contributed by atoms with Crippen molar-refractivity contribution in [1.82, 2.24) is 0 Å². The van der Waals surface area contributed by atoms with Gasteiger partial charge in [0.15, 0.2) is 0 Å². The lowest BCUT2D eigenvalue weighted by atomic mass is 10.0. The third-order valence-electron chi connectivity index (χ3n) is 2.35. The van der Waals surface area contributed by atoms with Crippen molar-refractivity contribution in [3.63, 3.8) is 0 Å². The van der Waals surface area contributed by atoms with Crippen LogP contribution in [0.3, 0.4) is 0 Å². The Morgan fingerprint density at radius 2 is 1.76 bits per heavy atom. The molecule has 0 amide bonds. The fraction of sp³-hybridized carbons (Fsp3) is 0.0667. The molecule has 2 rings (SSSR count). The molecule has 0 saturated carbocycles. The molecule has 0 unspecified atom stereocenters. The van der Waals surface area contributed by atoms with E-state index in [-0.39, 0.29) is 12.4 Å². The lowest BCUT2D eigenvalue weighted by molar-refractivity contribution is 0.350. The molecule has 84 valence electrons. The highest BCUT2D eigenvalue weighted by atomic mass is 19.1. The molecular weight excluding hydrogens is 215 g/mol. The van der Waals surface area contributed by atoms with E-state index in [2.05, 4.69) is 11.8 Å². The van der Waals surface area contributed by atoms with Crippen LogP contribution in [0.1, 0.15) is 5.56 Å². The predicted octanol–water partition coefficient (Wildman–Crippen LogP) is 2.84. The largest absolute Gasteiger partial charge is 0.384 e.